The number of nitrogens with zero attached hydrogens (tertiary/aromatic N) is 1. The maximum absolute atomic E-state index is 9.94. The van der Waals surface area contributed by atoms with Crippen LogP contribution in [-0.2, 0) is 11.3 Å². The number of hydrogen-bond donors (Lipinski definition) is 2. The zero-order chi connectivity index (χ0) is 15.0. The van der Waals surface area contributed by atoms with Crippen molar-refractivity contribution in [3.63, 3.8) is 0 Å². The normalized spacial score (nSPS) is 14.9. The Kier molecular flexibility index (Phi) is 8.33. The molecule has 20 heavy (non-hydrogen) atoms. The number of hydrogen-bond acceptors (Lipinski definition) is 5. The van der Waals surface area contributed by atoms with Gasteiger partial charge in [0.2, 0.25) is 0 Å². The SMILES string of the molecule is CC(C)C(CN(C)C)NCC(O)COCc1cccs1. The van der Waals surface area contributed by atoms with E-state index in [0.29, 0.717) is 31.7 Å². The number of aliphatic hydroxyl groups is 1. The summed E-state index contributed by atoms with van der Waals surface area (Å²) in [4.78, 5) is 3.36. The molecule has 2 unspecified atom stereocenters. The molecule has 0 spiro atoms. The Morgan fingerprint density at radius 3 is 2.70 bits per heavy atom. The first-order valence-electron chi connectivity index (χ1n) is 7.15. The Bertz CT molecular complexity index is 342. The second kappa shape index (κ2) is 9.47. The van der Waals surface area contributed by atoms with Crippen molar-refractivity contribution < 1.29 is 9.84 Å². The summed E-state index contributed by atoms with van der Waals surface area (Å²) < 4.78 is 5.52. The summed E-state index contributed by atoms with van der Waals surface area (Å²) in [5.74, 6) is 0.539. The molecule has 0 aliphatic heterocycles. The summed E-state index contributed by atoms with van der Waals surface area (Å²) in [6.45, 7) is 6.89. The Balaban J connectivity index is 2.18. The van der Waals surface area contributed by atoms with E-state index in [0.717, 1.165) is 6.54 Å². The lowest BCUT2D eigenvalue weighted by Crippen LogP contribution is -2.45. The van der Waals surface area contributed by atoms with Gasteiger partial charge in [-0.05, 0) is 31.5 Å². The Morgan fingerprint density at radius 2 is 2.15 bits per heavy atom. The van der Waals surface area contributed by atoms with E-state index >= 15 is 0 Å². The first-order valence-corrected chi connectivity index (χ1v) is 8.03. The molecule has 0 aliphatic carbocycles. The summed E-state index contributed by atoms with van der Waals surface area (Å²) in [6, 6.07) is 4.44. The molecule has 116 valence electrons. The minimum atomic E-state index is -0.460. The molecule has 2 N–H and O–H groups in total. The van der Waals surface area contributed by atoms with E-state index in [1.54, 1.807) is 11.3 Å². The minimum absolute atomic E-state index is 0.373. The highest BCUT2D eigenvalue weighted by atomic mass is 32.1. The van der Waals surface area contributed by atoms with Gasteiger partial charge in [0.05, 0.1) is 19.3 Å². The van der Waals surface area contributed by atoms with Gasteiger partial charge in [-0.15, -0.1) is 11.3 Å². The largest absolute Gasteiger partial charge is 0.389 e. The first-order chi connectivity index (χ1) is 9.49. The van der Waals surface area contributed by atoms with Crippen molar-refractivity contribution in [1.82, 2.24) is 10.2 Å². The van der Waals surface area contributed by atoms with Gasteiger partial charge in [0.25, 0.3) is 0 Å². The third kappa shape index (κ3) is 7.36. The predicted molar refractivity (Wildman–Crippen MR) is 85.2 cm³/mol. The molecular formula is C15H28N2O2S. The van der Waals surface area contributed by atoms with E-state index in [1.807, 2.05) is 17.5 Å². The van der Waals surface area contributed by atoms with E-state index in [1.165, 1.54) is 4.88 Å². The Morgan fingerprint density at radius 1 is 1.40 bits per heavy atom. The van der Waals surface area contributed by atoms with Crippen LogP contribution >= 0.6 is 11.3 Å². The highest BCUT2D eigenvalue weighted by Crippen LogP contribution is 2.09. The standard InChI is InChI=1S/C15H28N2O2S/c1-12(2)15(9-17(3)4)16-8-13(18)10-19-11-14-6-5-7-20-14/h5-7,12-13,15-16,18H,8-11H2,1-4H3. The van der Waals surface area contributed by atoms with Crippen molar-refractivity contribution in [3.8, 4) is 0 Å². The van der Waals surface area contributed by atoms with Crippen LogP contribution in [0.2, 0.25) is 0 Å². The van der Waals surface area contributed by atoms with E-state index in [4.69, 9.17) is 4.74 Å². The molecule has 0 aliphatic rings. The fraction of sp³-hybridized carbons (Fsp3) is 0.733. The molecule has 0 aromatic carbocycles. The highest BCUT2D eigenvalue weighted by Gasteiger charge is 2.15. The van der Waals surface area contributed by atoms with Crippen molar-refractivity contribution in [2.75, 3.05) is 33.8 Å². The van der Waals surface area contributed by atoms with E-state index in [-0.39, 0.29) is 0 Å². The smallest absolute Gasteiger partial charge is 0.0897 e. The Labute approximate surface area is 126 Å². The number of ether oxygens (including phenoxy) is 1. The summed E-state index contributed by atoms with van der Waals surface area (Å²) in [6.07, 6.45) is -0.460. The average molecular weight is 300 g/mol. The van der Waals surface area contributed by atoms with Gasteiger partial charge in [-0.2, -0.15) is 0 Å². The molecular weight excluding hydrogens is 272 g/mol. The summed E-state index contributed by atoms with van der Waals surface area (Å²) in [7, 11) is 4.13. The maximum Gasteiger partial charge on any atom is 0.0897 e. The van der Waals surface area contributed by atoms with Gasteiger partial charge in [-0.25, -0.2) is 0 Å². The topological polar surface area (TPSA) is 44.7 Å². The lowest BCUT2D eigenvalue weighted by Gasteiger charge is -2.26. The van der Waals surface area contributed by atoms with Gasteiger partial charge >= 0.3 is 0 Å². The average Bonchev–Trinajstić information content (AvgIpc) is 2.86. The molecule has 0 fully saturated rings. The molecule has 1 aromatic rings. The molecule has 1 heterocycles. The molecule has 2 atom stereocenters. The van der Waals surface area contributed by atoms with Gasteiger partial charge in [0.1, 0.15) is 0 Å². The third-order valence-electron chi connectivity index (χ3n) is 3.12. The van der Waals surface area contributed by atoms with Gasteiger partial charge < -0.3 is 20.1 Å². The zero-order valence-corrected chi connectivity index (χ0v) is 13.8. The van der Waals surface area contributed by atoms with E-state index < -0.39 is 6.10 Å². The van der Waals surface area contributed by atoms with Crippen LogP contribution in [0.25, 0.3) is 0 Å². The fourth-order valence-corrected chi connectivity index (χ4v) is 2.58. The number of rotatable bonds is 10. The van der Waals surface area contributed by atoms with Gasteiger partial charge in [0, 0.05) is 24.0 Å². The van der Waals surface area contributed by atoms with Crippen molar-refractivity contribution in [3.05, 3.63) is 22.4 Å². The van der Waals surface area contributed by atoms with Crippen LogP contribution in [0.1, 0.15) is 18.7 Å². The molecule has 0 saturated carbocycles. The molecule has 5 heteroatoms. The minimum Gasteiger partial charge on any atom is -0.389 e. The van der Waals surface area contributed by atoms with Crippen LogP contribution in [0, 0.1) is 5.92 Å². The molecule has 0 saturated heterocycles. The van der Waals surface area contributed by atoms with Crippen molar-refractivity contribution >= 4 is 11.3 Å². The van der Waals surface area contributed by atoms with E-state index in [9.17, 15) is 5.11 Å². The number of thiophene rings is 1. The van der Waals surface area contributed by atoms with Gasteiger partial charge in [-0.1, -0.05) is 19.9 Å². The monoisotopic (exact) mass is 300 g/mol. The molecule has 0 radical (unpaired) electrons. The van der Waals surface area contributed by atoms with E-state index in [2.05, 4.69) is 38.2 Å². The molecule has 1 aromatic heterocycles. The predicted octanol–water partition coefficient (Wildman–Crippen LogP) is 1.80. The van der Waals surface area contributed by atoms with Crippen LogP contribution in [0.5, 0.6) is 0 Å². The number of aliphatic hydroxyl groups excluding tert-OH is 1. The molecule has 1 rings (SSSR count). The summed E-state index contributed by atoms with van der Waals surface area (Å²) in [5.41, 5.74) is 0. The molecule has 4 nitrogen and oxygen atoms in total. The second-order valence-corrected chi connectivity index (χ2v) is 6.80. The van der Waals surface area contributed by atoms with Crippen molar-refractivity contribution in [2.45, 2.75) is 32.6 Å². The lowest BCUT2D eigenvalue weighted by molar-refractivity contribution is 0.0273. The fourth-order valence-electron chi connectivity index (χ4n) is 1.94. The van der Waals surface area contributed by atoms with Crippen LogP contribution in [0.3, 0.4) is 0 Å². The highest BCUT2D eigenvalue weighted by molar-refractivity contribution is 7.09. The third-order valence-corrected chi connectivity index (χ3v) is 3.97. The molecule has 0 amide bonds. The first kappa shape index (κ1) is 17.6. The van der Waals surface area contributed by atoms with Crippen LogP contribution in [-0.4, -0.2) is 55.9 Å². The number of likely N-dealkylation sites (N-methyl/N-ethyl adjacent to an activating group) is 1. The zero-order valence-electron chi connectivity index (χ0n) is 13.0. The lowest BCUT2D eigenvalue weighted by atomic mass is 10.0. The van der Waals surface area contributed by atoms with Gasteiger partial charge in [0.15, 0.2) is 0 Å². The van der Waals surface area contributed by atoms with Crippen LogP contribution < -0.4 is 5.32 Å². The second-order valence-electron chi connectivity index (χ2n) is 5.77. The molecule has 0 bridgehead atoms. The van der Waals surface area contributed by atoms with Crippen LogP contribution in [0.15, 0.2) is 17.5 Å². The van der Waals surface area contributed by atoms with Crippen molar-refractivity contribution in [1.29, 1.82) is 0 Å². The number of nitrogens with one attached hydrogen (secondary N) is 1. The van der Waals surface area contributed by atoms with Crippen LogP contribution in [0.4, 0.5) is 0 Å². The van der Waals surface area contributed by atoms with Crippen molar-refractivity contribution in [2.24, 2.45) is 5.92 Å². The Hall–Kier alpha value is -0.460. The van der Waals surface area contributed by atoms with Gasteiger partial charge in [-0.3, -0.25) is 0 Å². The summed E-state index contributed by atoms with van der Waals surface area (Å²) >= 11 is 1.68. The quantitative estimate of drug-likeness (QED) is 0.692. The summed E-state index contributed by atoms with van der Waals surface area (Å²) in [5, 5.41) is 15.4. The maximum atomic E-state index is 9.94.